The SMILES string of the molecule is O=C(O)CC(NNCCNNC(CC(=O)O)C(=O)O)C(=O)O. The third kappa shape index (κ3) is 9.60. The van der Waals surface area contributed by atoms with Crippen LogP contribution in [0.3, 0.4) is 0 Å². The number of carboxylic acids is 4. The van der Waals surface area contributed by atoms with Gasteiger partial charge in [-0.3, -0.25) is 30.0 Å². The summed E-state index contributed by atoms with van der Waals surface area (Å²) in [6, 6.07) is -2.63. The van der Waals surface area contributed by atoms with Crippen molar-refractivity contribution in [2.75, 3.05) is 13.1 Å². The molecular formula is C10H18N4O8. The molecule has 0 aliphatic heterocycles. The molecule has 0 heterocycles. The van der Waals surface area contributed by atoms with Crippen LogP contribution in [0.2, 0.25) is 0 Å². The van der Waals surface area contributed by atoms with Crippen molar-refractivity contribution in [1.29, 1.82) is 0 Å². The maximum Gasteiger partial charge on any atom is 0.322 e. The first-order valence-corrected chi connectivity index (χ1v) is 6.10. The molecule has 0 aromatic rings. The van der Waals surface area contributed by atoms with E-state index < -0.39 is 48.8 Å². The van der Waals surface area contributed by atoms with Gasteiger partial charge in [0.05, 0.1) is 12.8 Å². The van der Waals surface area contributed by atoms with Crippen LogP contribution in [-0.2, 0) is 19.2 Å². The van der Waals surface area contributed by atoms with Gasteiger partial charge in [-0.05, 0) is 0 Å². The van der Waals surface area contributed by atoms with Gasteiger partial charge in [-0.2, -0.15) is 0 Å². The largest absolute Gasteiger partial charge is 0.481 e. The van der Waals surface area contributed by atoms with Crippen molar-refractivity contribution in [2.24, 2.45) is 0 Å². The molecule has 0 spiro atoms. The van der Waals surface area contributed by atoms with Crippen LogP contribution in [0.4, 0.5) is 0 Å². The summed E-state index contributed by atoms with van der Waals surface area (Å²) in [5, 5.41) is 34.5. The van der Waals surface area contributed by atoms with Crippen molar-refractivity contribution >= 4 is 23.9 Å². The molecule has 0 rings (SSSR count). The third-order valence-electron chi connectivity index (χ3n) is 2.28. The Morgan fingerprint density at radius 1 is 0.682 bits per heavy atom. The first kappa shape index (κ1) is 19.7. The molecule has 2 unspecified atom stereocenters. The first-order valence-electron chi connectivity index (χ1n) is 6.10. The van der Waals surface area contributed by atoms with Gasteiger partial charge in [0, 0.05) is 13.1 Å². The van der Waals surface area contributed by atoms with Gasteiger partial charge in [0.15, 0.2) is 0 Å². The highest BCUT2D eigenvalue weighted by Crippen LogP contribution is 1.91. The lowest BCUT2D eigenvalue weighted by atomic mass is 10.2. The van der Waals surface area contributed by atoms with Gasteiger partial charge in [0.1, 0.15) is 12.1 Å². The van der Waals surface area contributed by atoms with E-state index in [1.807, 2.05) is 0 Å². The smallest absolute Gasteiger partial charge is 0.322 e. The van der Waals surface area contributed by atoms with Crippen LogP contribution in [0.25, 0.3) is 0 Å². The lowest BCUT2D eigenvalue weighted by Gasteiger charge is -2.15. The van der Waals surface area contributed by atoms with Gasteiger partial charge in [0.25, 0.3) is 0 Å². The summed E-state index contributed by atoms with van der Waals surface area (Å²) < 4.78 is 0. The van der Waals surface area contributed by atoms with Gasteiger partial charge < -0.3 is 20.4 Å². The predicted octanol–water partition coefficient (Wildman–Crippen LogP) is -2.97. The second kappa shape index (κ2) is 10.4. The Morgan fingerprint density at radius 3 is 1.23 bits per heavy atom. The minimum atomic E-state index is -1.34. The molecule has 2 atom stereocenters. The van der Waals surface area contributed by atoms with E-state index in [1.165, 1.54) is 0 Å². The zero-order valence-corrected chi connectivity index (χ0v) is 11.4. The Morgan fingerprint density at radius 2 is 1.00 bits per heavy atom. The fourth-order valence-corrected chi connectivity index (χ4v) is 1.27. The highest BCUT2D eigenvalue weighted by molar-refractivity contribution is 5.80. The topological polar surface area (TPSA) is 197 Å². The molecule has 0 aromatic carbocycles. The van der Waals surface area contributed by atoms with Gasteiger partial charge in [-0.15, -0.1) is 0 Å². The van der Waals surface area contributed by atoms with Crippen LogP contribution >= 0.6 is 0 Å². The van der Waals surface area contributed by atoms with Crippen LogP contribution < -0.4 is 21.7 Å². The Labute approximate surface area is 124 Å². The Kier molecular flexibility index (Phi) is 9.36. The quantitative estimate of drug-likeness (QED) is 0.127. The summed E-state index contributed by atoms with van der Waals surface area (Å²) in [4.78, 5) is 42.3. The second-order valence-electron chi connectivity index (χ2n) is 4.12. The molecule has 0 radical (unpaired) electrons. The number of nitrogens with one attached hydrogen (secondary N) is 4. The third-order valence-corrected chi connectivity index (χ3v) is 2.28. The summed E-state index contributed by atoms with van der Waals surface area (Å²) in [7, 11) is 0. The summed E-state index contributed by atoms with van der Waals surface area (Å²) in [5.74, 6) is -5.24. The van der Waals surface area contributed by atoms with E-state index in [1.54, 1.807) is 0 Å². The minimum absolute atomic E-state index is 0.121. The van der Waals surface area contributed by atoms with Gasteiger partial charge in [0.2, 0.25) is 0 Å². The van der Waals surface area contributed by atoms with Crippen LogP contribution in [0.5, 0.6) is 0 Å². The van der Waals surface area contributed by atoms with Crippen LogP contribution in [-0.4, -0.2) is 69.5 Å². The number of hydrogen-bond acceptors (Lipinski definition) is 8. The molecule has 0 aliphatic rings. The zero-order valence-electron chi connectivity index (χ0n) is 11.4. The molecule has 0 bridgehead atoms. The van der Waals surface area contributed by atoms with Crippen molar-refractivity contribution in [1.82, 2.24) is 21.7 Å². The van der Waals surface area contributed by atoms with Gasteiger partial charge >= 0.3 is 23.9 Å². The number of carbonyl (C=O) groups is 4. The highest BCUT2D eigenvalue weighted by atomic mass is 16.4. The summed E-state index contributed by atoms with van der Waals surface area (Å²) in [6.07, 6.45) is -1.23. The number of rotatable bonds is 13. The van der Waals surface area contributed by atoms with Crippen molar-refractivity contribution in [3.63, 3.8) is 0 Å². The van der Waals surface area contributed by atoms with E-state index in [2.05, 4.69) is 21.7 Å². The molecule has 8 N–H and O–H groups in total. The highest BCUT2D eigenvalue weighted by Gasteiger charge is 2.21. The summed E-state index contributed by atoms with van der Waals surface area (Å²) >= 11 is 0. The zero-order chi connectivity index (χ0) is 17.1. The molecule has 0 fully saturated rings. The fraction of sp³-hybridized carbons (Fsp3) is 0.600. The molecule has 0 saturated carbocycles. The van der Waals surface area contributed by atoms with E-state index in [4.69, 9.17) is 20.4 Å². The maximum absolute atomic E-state index is 10.7. The van der Waals surface area contributed by atoms with Crippen molar-refractivity contribution < 1.29 is 39.6 Å². The van der Waals surface area contributed by atoms with E-state index >= 15 is 0 Å². The molecule has 12 heteroatoms. The van der Waals surface area contributed by atoms with Gasteiger partial charge in [-0.25, -0.2) is 10.9 Å². The molecule has 0 aliphatic carbocycles. The van der Waals surface area contributed by atoms with Crippen molar-refractivity contribution in [3.8, 4) is 0 Å². The number of hydrogen-bond donors (Lipinski definition) is 8. The molecular weight excluding hydrogens is 304 g/mol. The first-order chi connectivity index (χ1) is 10.2. The standard InChI is InChI=1S/C10H18N4O8/c15-7(16)3-5(9(19)20)13-11-1-2-12-14-6(10(21)22)4-8(17)18/h5-6,11-14H,1-4H2,(H,15,16)(H,17,18)(H,19,20)(H,21,22). The lowest BCUT2D eigenvalue weighted by molar-refractivity contribution is -0.146. The van der Waals surface area contributed by atoms with Crippen LogP contribution in [0, 0.1) is 0 Å². The monoisotopic (exact) mass is 322 g/mol. The molecule has 12 nitrogen and oxygen atoms in total. The van der Waals surface area contributed by atoms with Crippen LogP contribution in [0.15, 0.2) is 0 Å². The average Bonchev–Trinajstić information content (AvgIpc) is 2.38. The fourth-order valence-electron chi connectivity index (χ4n) is 1.27. The Hall–Kier alpha value is -2.28. The van der Waals surface area contributed by atoms with E-state index in [-0.39, 0.29) is 13.1 Å². The molecule has 126 valence electrons. The van der Waals surface area contributed by atoms with Crippen LogP contribution in [0.1, 0.15) is 12.8 Å². The Bertz CT molecular complexity index is 378. The average molecular weight is 322 g/mol. The molecule has 22 heavy (non-hydrogen) atoms. The molecule has 0 aromatic heterocycles. The molecule has 0 saturated heterocycles. The van der Waals surface area contributed by atoms with E-state index in [0.717, 1.165) is 0 Å². The summed E-state index contributed by atoms with van der Waals surface area (Å²) in [6.45, 7) is 0.242. The number of hydrazine groups is 2. The Balaban J connectivity index is 3.91. The van der Waals surface area contributed by atoms with Gasteiger partial charge in [-0.1, -0.05) is 0 Å². The number of aliphatic carboxylic acids is 4. The lowest BCUT2D eigenvalue weighted by Crippen LogP contribution is -2.51. The van der Waals surface area contributed by atoms with Crippen molar-refractivity contribution in [2.45, 2.75) is 24.9 Å². The van der Waals surface area contributed by atoms with E-state index in [0.29, 0.717) is 0 Å². The second-order valence-corrected chi connectivity index (χ2v) is 4.12. The van der Waals surface area contributed by atoms with Crippen molar-refractivity contribution in [3.05, 3.63) is 0 Å². The number of carboxylic acid groups (broad SMARTS) is 4. The predicted molar refractivity (Wildman–Crippen MR) is 69.6 cm³/mol. The normalized spacial score (nSPS) is 13.3. The van der Waals surface area contributed by atoms with E-state index in [9.17, 15) is 19.2 Å². The minimum Gasteiger partial charge on any atom is -0.481 e. The molecule has 0 amide bonds. The summed E-state index contributed by atoms with van der Waals surface area (Å²) in [5.41, 5.74) is 9.48. The maximum atomic E-state index is 10.7.